The van der Waals surface area contributed by atoms with Crippen LogP contribution < -0.4 is 5.32 Å². The molecule has 86 valence electrons. The van der Waals surface area contributed by atoms with Gasteiger partial charge in [-0.15, -0.1) is 0 Å². The number of rotatable bonds is 10. The molecule has 0 rings (SSSR count). The van der Waals surface area contributed by atoms with Gasteiger partial charge in [0, 0.05) is 0 Å². The number of nitrogens with one attached hydrogen (secondary N) is 1. The predicted octanol–water partition coefficient (Wildman–Crippen LogP) is 3.55. The van der Waals surface area contributed by atoms with Crippen molar-refractivity contribution in [1.29, 1.82) is 0 Å². The van der Waals surface area contributed by atoms with E-state index >= 15 is 0 Å². The first-order valence-corrected chi connectivity index (χ1v) is 7.25. The number of hydrogen-bond acceptors (Lipinski definition) is 2. The predicted molar refractivity (Wildman–Crippen MR) is 69.2 cm³/mol. The van der Waals surface area contributed by atoms with E-state index in [0.29, 0.717) is 0 Å². The molecule has 0 aromatic carbocycles. The molecule has 0 saturated heterocycles. The first-order chi connectivity index (χ1) is 6.81. The van der Waals surface area contributed by atoms with E-state index in [-0.39, 0.29) is 0 Å². The van der Waals surface area contributed by atoms with Gasteiger partial charge in [-0.2, -0.15) is 11.8 Å². The van der Waals surface area contributed by atoms with Gasteiger partial charge in [0.1, 0.15) is 0 Å². The highest BCUT2D eigenvalue weighted by Crippen LogP contribution is 2.12. The molecule has 0 aliphatic rings. The zero-order chi connectivity index (χ0) is 10.6. The van der Waals surface area contributed by atoms with Crippen molar-refractivity contribution in [3.05, 3.63) is 0 Å². The Labute approximate surface area is 94.4 Å². The van der Waals surface area contributed by atoms with E-state index < -0.39 is 0 Å². The van der Waals surface area contributed by atoms with Crippen molar-refractivity contribution >= 4 is 11.8 Å². The Kier molecular flexibility index (Phi) is 11.6. The molecule has 0 heterocycles. The van der Waals surface area contributed by atoms with Crippen LogP contribution in [0, 0.1) is 5.92 Å². The molecular weight excluding hydrogens is 190 g/mol. The summed E-state index contributed by atoms with van der Waals surface area (Å²) in [6.07, 6.45) is 5.40. The molecule has 0 fully saturated rings. The Hall–Kier alpha value is 0.310. The van der Waals surface area contributed by atoms with E-state index in [1.807, 2.05) is 0 Å². The molecule has 0 aliphatic heterocycles. The average Bonchev–Trinajstić information content (AvgIpc) is 2.19. The second-order valence-corrected chi connectivity index (χ2v) is 5.38. The summed E-state index contributed by atoms with van der Waals surface area (Å²) in [6, 6.07) is 0. The van der Waals surface area contributed by atoms with Crippen LogP contribution in [0.5, 0.6) is 0 Å². The van der Waals surface area contributed by atoms with E-state index in [1.54, 1.807) is 0 Å². The molecule has 0 amide bonds. The summed E-state index contributed by atoms with van der Waals surface area (Å²) >= 11 is 2.07. The molecule has 0 aromatic heterocycles. The highest BCUT2D eigenvalue weighted by Gasteiger charge is 2.00. The van der Waals surface area contributed by atoms with Crippen molar-refractivity contribution in [2.45, 2.75) is 46.5 Å². The molecule has 1 unspecified atom stereocenters. The van der Waals surface area contributed by atoms with Gasteiger partial charge in [0.05, 0.1) is 0 Å². The molecule has 14 heavy (non-hydrogen) atoms. The molecule has 0 aromatic rings. The smallest absolute Gasteiger partial charge is 0.00464 e. The minimum Gasteiger partial charge on any atom is -0.317 e. The molecule has 0 spiro atoms. The van der Waals surface area contributed by atoms with Crippen LogP contribution in [0.3, 0.4) is 0 Å². The van der Waals surface area contributed by atoms with Crippen molar-refractivity contribution < 1.29 is 0 Å². The van der Waals surface area contributed by atoms with Crippen LogP contribution >= 0.6 is 11.8 Å². The number of hydrogen-bond donors (Lipinski definition) is 1. The molecule has 1 nitrogen and oxygen atoms in total. The zero-order valence-corrected chi connectivity index (χ0v) is 11.0. The molecule has 1 atom stereocenters. The second-order valence-electron chi connectivity index (χ2n) is 3.98. The Morgan fingerprint density at radius 1 is 1.14 bits per heavy atom. The molecule has 0 radical (unpaired) electrons. The number of thioether (sulfide) groups is 1. The monoisotopic (exact) mass is 217 g/mol. The average molecular weight is 217 g/mol. The SMILES string of the molecule is CCCNCCC(C)CCCSCC. The first-order valence-electron chi connectivity index (χ1n) is 6.09. The van der Waals surface area contributed by atoms with Gasteiger partial charge in [0.2, 0.25) is 0 Å². The summed E-state index contributed by atoms with van der Waals surface area (Å²) in [7, 11) is 0. The summed E-state index contributed by atoms with van der Waals surface area (Å²) in [5, 5.41) is 3.46. The maximum atomic E-state index is 3.46. The van der Waals surface area contributed by atoms with Crippen LogP contribution in [0.4, 0.5) is 0 Å². The summed E-state index contributed by atoms with van der Waals surface area (Å²) in [5.74, 6) is 3.52. The van der Waals surface area contributed by atoms with Crippen molar-refractivity contribution in [1.82, 2.24) is 5.32 Å². The fourth-order valence-corrected chi connectivity index (χ4v) is 2.13. The maximum absolute atomic E-state index is 3.46. The minimum absolute atomic E-state index is 0.900. The van der Waals surface area contributed by atoms with Crippen molar-refractivity contribution in [3.63, 3.8) is 0 Å². The van der Waals surface area contributed by atoms with Crippen molar-refractivity contribution in [2.75, 3.05) is 24.6 Å². The third-order valence-corrected chi connectivity index (χ3v) is 3.42. The highest BCUT2D eigenvalue weighted by atomic mass is 32.2. The van der Waals surface area contributed by atoms with Gasteiger partial charge in [-0.3, -0.25) is 0 Å². The van der Waals surface area contributed by atoms with Crippen molar-refractivity contribution in [3.8, 4) is 0 Å². The van der Waals surface area contributed by atoms with Crippen LogP contribution in [-0.2, 0) is 0 Å². The molecule has 2 heteroatoms. The van der Waals surface area contributed by atoms with E-state index in [9.17, 15) is 0 Å². The van der Waals surface area contributed by atoms with Gasteiger partial charge in [-0.05, 0) is 56.2 Å². The van der Waals surface area contributed by atoms with E-state index in [2.05, 4.69) is 37.8 Å². The third kappa shape index (κ3) is 10.4. The van der Waals surface area contributed by atoms with Crippen LogP contribution in [0.2, 0.25) is 0 Å². The Morgan fingerprint density at radius 3 is 2.57 bits per heavy atom. The van der Waals surface area contributed by atoms with Crippen molar-refractivity contribution in [2.24, 2.45) is 5.92 Å². The molecule has 0 saturated carbocycles. The normalized spacial score (nSPS) is 13.1. The van der Waals surface area contributed by atoms with E-state index in [1.165, 1.54) is 50.3 Å². The van der Waals surface area contributed by atoms with Gasteiger partial charge >= 0.3 is 0 Å². The van der Waals surface area contributed by atoms with Gasteiger partial charge in [0.25, 0.3) is 0 Å². The fourth-order valence-electron chi connectivity index (χ4n) is 1.47. The highest BCUT2D eigenvalue weighted by molar-refractivity contribution is 7.99. The lowest BCUT2D eigenvalue weighted by Crippen LogP contribution is -2.18. The van der Waals surface area contributed by atoms with Gasteiger partial charge < -0.3 is 5.32 Å². The molecule has 0 aliphatic carbocycles. The van der Waals surface area contributed by atoms with Gasteiger partial charge in [0.15, 0.2) is 0 Å². The minimum atomic E-state index is 0.900. The fraction of sp³-hybridized carbons (Fsp3) is 1.00. The molecule has 1 N–H and O–H groups in total. The van der Waals surface area contributed by atoms with Gasteiger partial charge in [-0.1, -0.05) is 20.8 Å². The van der Waals surface area contributed by atoms with Gasteiger partial charge in [-0.25, -0.2) is 0 Å². The topological polar surface area (TPSA) is 12.0 Å². The molecule has 0 bridgehead atoms. The maximum Gasteiger partial charge on any atom is -0.00464 e. The lowest BCUT2D eigenvalue weighted by molar-refractivity contribution is 0.467. The quantitative estimate of drug-likeness (QED) is 0.562. The summed E-state index contributed by atoms with van der Waals surface area (Å²) < 4.78 is 0. The first kappa shape index (κ1) is 14.3. The van der Waals surface area contributed by atoms with E-state index in [0.717, 1.165) is 5.92 Å². The summed E-state index contributed by atoms with van der Waals surface area (Å²) in [6.45, 7) is 9.22. The molecular formula is C12H27NS. The standard InChI is InChI=1S/C12H27NS/c1-4-9-13-10-8-12(3)7-6-11-14-5-2/h12-13H,4-11H2,1-3H3. The largest absolute Gasteiger partial charge is 0.317 e. The Bertz CT molecular complexity index is 94.5. The van der Waals surface area contributed by atoms with E-state index in [4.69, 9.17) is 0 Å². The zero-order valence-electron chi connectivity index (χ0n) is 10.1. The second kappa shape index (κ2) is 11.4. The Balaban J connectivity index is 3.07. The van der Waals surface area contributed by atoms with Crippen LogP contribution in [0.15, 0.2) is 0 Å². The van der Waals surface area contributed by atoms with Crippen LogP contribution in [0.25, 0.3) is 0 Å². The summed E-state index contributed by atoms with van der Waals surface area (Å²) in [4.78, 5) is 0. The lowest BCUT2D eigenvalue weighted by atomic mass is 10.0. The van der Waals surface area contributed by atoms with Crippen LogP contribution in [-0.4, -0.2) is 24.6 Å². The lowest BCUT2D eigenvalue weighted by Gasteiger charge is -2.11. The summed E-state index contributed by atoms with van der Waals surface area (Å²) in [5.41, 5.74) is 0. The third-order valence-electron chi connectivity index (χ3n) is 2.43. The van der Waals surface area contributed by atoms with Crippen LogP contribution in [0.1, 0.15) is 46.5 Å². The Morgan fingerprint density at radius 2 is 1.93 bits per heavy atom.